The van der Waals surface area contributed by atoms with Gasteiger partial charge in [-0.1, -0.05) is 0 Å². The number of fused-ring (bicyclic) bond motifs is 1. The van der Waals surface area contributed by atoms with Crippen LogP contribution in [0.25, 0.3) is 0 Å². The highest BCUT2D eigenvalue weighted by molar-refractivity contribution is 7.99. The number of urea groups is 1. The van der Waals surface area contributed by atoms with Crippen molar-refractivity contribution in [2.24, 2.45) is 0 Å². The zero-order chi connectivity index (χ0) is 15.7. The van der Waals surface area contributed by atoms with Crippen LogP contribution in [0, 0.1) is 5.82 Å². The zero-order valence-electron chi connectivity index (χ0n) is 11.8. The first kappa shape index (κ1) is 15.6. The molecule has 1 aromatic carbocycles. The van der Waals surface area contributed by atoms with Crippen LogP contribution in [0.15, 0.2) is 23.1 Å². The number of hydrogen-bond acceptors (Lipinski definition) is 4. The molecule has 2 N–H and O–H groups in total. The van der Waals surface area contributed by atoms with Crippen LogP contribution in [0.2, 0.25) is 0 Å². The van der Waals surface area contributed by atoms with E-state index in [4.69, 9.17) is 0 Å². The van der Waals surface area contributed by atoms with Crippen molar-refractivity contribution in [3.63, 3.8) is 0 Å². The molecule has 2 atom stereocenters. The summed E-state index contributed by atoms with van der Waals surface area (Å²) in [6.45, 7) is 0. The van der Waals surface area contributed by atoms with Gasteiger partial charge in [0.05, 0.1) is 17.5 Å². The largest absolute Gasteiger partial charge is 0.334 e. The molecule has 0 radical (unpaired) electrons. The summed E-state index contributed by atoms with van der Waals surface area (Å²) in [6.07, 6.45) is 1.17. The van der Waals surface area contributed by atoms with Gasteiger partial charge in [0.15, 0.2) is 9.84 Å². The van der Waals surface area contributed by atoms with Gasteiger partial charge in [0.1, 0.15) is 5.82 Å². The number of halogens is 1. The number of sulfone groups is 1. The maximum absolute atomic E-state index is 13.4. The lowest BCUT2D eigenvalue weighted by Crippen LogP contribution is -2.44. The minimum absolute atomic E-state index is 0.00778. The highest BCUT2D eigenvalue weighted by atomic mass is 32.2. The summed E-state index contributed by atoms with van der Waals surface area (Å²) >= 11 is 1.64. The lowest BCUT2D eigenvalue weighted by atomic mass is 10.0. The molecule has 0 aliphatic carbocycles. The molecule has 0 unspecified atom stereocenters. The predicted molar refractivity (Wildman–Crippen MR) is 83.2 cm³/mol. The summed E-state index contributed by atoms with van der Waals surface area (Å²) in [5.41, 5.74) is 0.783. The summed E-state index contributed by atoms with van der Waals surface area (Å²) in [5.74, 6) is 0.634. The SMILES string of the molecule is O=C(N[C@H]1CCS(=O)(=O)C1)N[C@@H]1CCSc2ccc(F)cc21. The number of rotatable bonds is 2. The Kier molecular flexibility index (Phi) is 4.31. The zero-order valence-corrected chi connectivity index (χ0v) is 13.5. The molecular formula is C14H17FN2O3S2. The Morgan fingerprint density at radius 2 is 2.09 bits per heavy atom. The minimum atomic E-state index is -3.02. The molecule has 2 amide bonds. The smallest absolute Gasteiger partial charge is 0.315 e. The van der Waals surface area contributed by atoms with E-state index in [2.05, 4.69) is 10.6 Å². The third-order valence-corrected chi connectivity index (χ3v) is 6.77. The third kappa shape index (κ3) is 3.55. The van der Waals surface area contributed by atoms with Crippen LogP contribution < -0.4 is 10.6 Å². The minimum Gasteiger partial charge on any atom is -0.334 e. The summed E-state index contributed by atoms with van der Waals surface area (Å²) in [7, 11) is -3.02. The molecule has 0 saturated carbocycles. The van der Waals surface area contributed by atoms with E-state index >= 15 is 0 Å². The molecule has 3 rings (SSSR count). The number of amides is 2. The third-order valence-electron chi connectivity index (χ3n) is 3.88. The highest BCUT2D eigenvalue weighted by Gasteiger charge is 2.30. The van der Waals surface area contributed by atoms with Crippen LogP contribution in [-0.4, -0.2) is 37.7 Å². The standard InChI is InChI=1S/C14H17FN2O3S2/c15-9-1-2-13-11(7-9)12(3-5-21-13)17-14(18)16-10-4-6-22(19,20)8-10/h1-2,7,10,12H,3-6,8H2,(H2,16,17,18)/t10-,12+/m0/s1. The average molecular weight is 344 g/mol. The van der Waals surface area contributed by atoms with Crippen molar-refractivity contribution in [3.8, 4) is 0 Å². The molecule has 1 aromatic rings. The van der Waals surface area contributed by atoms with Gasteiger partial charge in [0.2, 0.25) is 0 Å². The Balaban J connectivity index is 1.64. The first-order chi connectivity index (χ1) is 10.4. The van der Waals surface area contributed by atoms with Gasteiger partial charge in [-0.2, -0.15) is 0 Å². The van der Waals surface area contributed by atoms with E-state index in [9.17, 15) is 17.6 Å². The summed E-state index contributed by atoms with van der Waals surface area (Å²) in [5, 5.41) is 5.53. The Bertz CT molecular complexity index is 693. The van der Waals surface area contributed by atoms with Crippen LogP contribution in [0.3, 0.4) is 0 Å². The van der Waals surface area contributed by atoms with Crippen LogP contribution in [0.1, 0.15) is 24.4 Å². The van der Waals surface area contributed by atoms with Crippen molar-refractivity contribution in [2.75, 3.05) is 17.3 Å². The second-order valence-corrected chi connectivity index (χ2v) is 8.96. The van der Waals surface area contributed by atoms with Crippen molar-refractivity contribution in [2.45, 2.75) is 29.8 Å². The van der Waals surface area contributed by atoms with Gasteiger partial charge in [0.25, 0.3) is 0 Å². The van der Waals surface area contributed by atoms with Crippen molar-refractivity contribution in [1.29, 1.82) is 0 Å². The quantitative estimate of drug-likeness (QED) is 0.859. The van der Waals surface area contributed by atoms with E-state index in [0.717, 1.165) is 22.6 Å². The number of benzene rings is 1. The number of hydrogen-bond donors (Lipinski definition) is 2. The van der Waals surface area contributed by atoms with Gasteiger partial charge < -0.3 is 10.6 Å². The summed E-state index contributed by atoms with van der Waals surface area (Å²) in [4.78, 5) is 13.0. The van der Waals surface area contributed by atoms with Gasteiger partial charge in [0, 0.05) is 16.7 Å². The van der Waals surface area contributed by atoms with E-state index in [1.807, 2.05) is 0 Å². The molecule has 1 saturated heterocycles. The van der Waals surface area contributed by atoms with Crippen molar-refractivity contribution >= 4 is 27.6 Å². The fourth-order valence-corrected chi connectivity index (χ4v) is 5.59. The molecule has 0 bridgehead atoms. The Morgan fingerprint density at radius 1 is 1.27 bits per heavy atom. The van der Waals surface area contributed by atoms with Gasteiger partial charge in [-0.15, -0.1) is 11.8 Å². The molecule has 120 valence electrons. The maximum Gasteiger partial charge on any atom is 0.315 e. The molecule has 22 heavy (non-hydrogen) atoms. The monoisotopic (exact) mass is 344 g/mol. The molecule has 8 heteroatoms. The topological polar surface area (TPSA) is 75.3 Å². The number of carbonyl (C=O) groups is 1. The van der Waals surface area contributed by atoms with Crippen LogP contribution in [0.4, 0.5) is 9.18 Å². The van der Waals surface area contributed by atoms with E-state index in [1.165, 1.54) is 12.1 Å². The summed E-state index contributed by atoms with van der Waals surface area (Å²) < 4.78 is 36.2. The van der Waals surface area contributed by atoms with Crippen LogP contribution >= 0.6 is 11.8 Å². The van der Waals surface area contributed by atoms with Gasteiger partial charge in [-0.3, -0.25) is 0 Å². The second-order valence-electron chi connectivity index (χ2n) is 5.59. The van der Waals surface area contributed by atoms with Gasteiger partial charge in [-0.25, -0.2) is 17.6 Å². The van der Waals surface area contributed by atoms with E-state index < -0.39 is 15.9 Å². The van der Waals surface area contributed by atoms with E-state index in [-0.39, 0.29) is 29.4 Å². The number of nitrogens with one attached hydrogen (secondary N) is 2. The maximum atomic E-state index is 13.4. The lowest BCUT2D eigenvalue weighted by molar-refractivity contribution is 0.233. The molecular weight excluding hydrogens is 327 g/mol. The number of carbonyl (C=O) groups excluding carboxylic acids is 1. The molecule has 1 fully saturated rings. The van der Waals surface area contributed by atoms with Crippen LogP contribution in [0.5, 0.6) is 0 Å². The summed E-state index contributed by atoms with van der Waals surface area (Å²) in [6, 6.07) is 3.61. The Labute approximate surface area is 133 Å². The average Bonchev–Trinajstić information content (AvgIpc) is 2.78. The van der Waals surface area contributed by atoms with Crippen molar-refractivity contribution in [1.82, 2.24) is 10.6 Å². The first-order valence-corrected chi connectivity index (χ1v) is 9.93. The second kappa shape index (κ2) is 6.08. The normalized spacial score (nSPS) is 26.2. The van der Waals surface area contributed by atoms with E-state index in [1.54, 1.807) is 17.8 Å². The fourth-order valence-electron chi connectivity index (χ4n) is 2.81. The van der Waals surface area contributed by atoms with Gasteiger partial charge >= 0.3 is 6.03 Å². The first-order valence-electron chi connectivity index (χ1n) is 7.13. The Hall–Kier alpha value is -1.28. The Morgan fingerprint density at radius 3 is 2.82 bits per heavy atom. The van der Waals surface area contributed by atoms with Crippen LogP contribution in [-0.2, 0) is 9.84 Å². The molecule has 2 aliphatic rings. The fraction of sp³-hybridized carbons (Fsp3) is 0.500. The number of thioether (sulfide) groups is 1. The molecule has 2 heterocycles. The highest BCUT2D eigenvalue weighted by Crippen LogP contribution is 2.36. The molecule has 0 aromatic heterocycles. The van der Waals surface area contributed by atoms with Gasteiger partial charge in [-0.05, 0) is 36.6 Å². The van der Waals surface area contributed by atoms with Crippen molar-refractivity contribution < 1.29 is 17.6 Å². The lowest BCUT2D eigenvalue weighted by Gasteiger charge is -2.26. The predicted octanol–water partition coefficient (Wildman–Crippen LogP) is 1.85. The molecule has 2 aliphatic heterocycles. The van der Waals surface area contributed by atoms with Crippen molar-refractivity contribution in [3.05, 3.63) is 29.6 Å². The van der Waals surface area contributed by atoms with E-state index in [0.29, 0.717) is 6.42 Å². The molecule has 5 nitrogen and oxygen atoms in total. The molecule has 0 spiro atoms.